The molecule has 0 aromatic carbocycles. The Bertz CT molecular complexity index is 904. The van der Waals surface area contributed by atoms with E-state index in [-0.39, 0.29) is 36.3 Å². The number of Topliss-reactive ketones (excluding diaryl/α,β-unsaturated/α-hetero) is 1. The molecule has 8 heteroatoms. The summed E-state index contributed by atoms with van der Waals surface area (Å²) in [6, 6.07) is 3.50. The molecule has 0 saturated heterocycles. The Balaban J connectivity index is 1.64. The number of oxazole rings is 1. The number of hydrogen-bond donors (Lipinski definition) is 2. The number of hydrogen-bond acceptors (Lipinski definition) is 6. The van der Waals surface area contributed by atoms with Gasteiger partial charge in [0.2, 0.25) is 23.5 Å². The highest BCUT2D eigenvalue weighted by atomic mass is 16.4. The molecule has 0 spiro atoms. The van der Waals surface area contributed by atoms with E-state index in [0.29, 0.717) is 23.6 Å². The molecular formula is C23H30N4O4. The molecule has 2 heterocycles. The lowest BCUT2D eigenvalue weighted by molar-refractivity contribution is -0.122. The van der Waals surface area contributed by atoms with Crippen LogP contribution in [0.4, 0.5) is 0 Å². The zero-order chi connectivity index (χ0) is 22.2. The molecule has 0 radical (unpaired) electrons. The second-order valence-corrected chi connectivity index (χ2v) is 8.29. The van der Waals surface area contributed by atoms with Gasteiger partial charge in [0.05, 0.1) is 17.8 Å². The van der Waals surface area contributed by atoms with Crippen LogP contribution >= 0.6 is 0 Å². The van der Waals surface area contributed by atoms with Crippen LogP contribution in [0, 0.1) is 11.8 Å². The van der Waals surface area contributed by atoms with Crippen molar-refractivity contribution >= 4 is 17.6 Å². The van der Waals surface area contributed by atoms with Crippen LogP contribution in [-0.4, -0.2) is 34.1 Å². The Hall–Kier alpha value is -3.03. The van der Waals surface area contributed by atoms with Gasteiger partial charge in [-0.25, -0.2) is 4.98 Å². The van der Waals surface area contributed by atoms with E-state index in [1.807, 2.05) is 0 Å². The molecule has 2 amide bonds. The van der Waals surface area contributed by atoms with Gasteiger partial charge in [0.1, 0.15) is 0 Å². The van der Waals surface area contributed by atoms with Gasteiger partial charge in [0.25, 0.3) is 0 Å². The average molecular weight is 427 g/mol. The average Bonchev–Trinajstić information content (AvgIpc) is 3.21. The van der Waals surface area contributed by atoms with Gasteiger partial charge in [0.15, 0.2) is 5.76 Å². The van der Waals surface area contributed by atoms with E-state index in [2.05, 4.69) is 15.3 Å². The van der Waals surface area contributed by atoms with Crippen molar-refractivity contribution in [1.82, 2.24) is 15.3 Å². The summed E-state index contributed by atoms with van der Waals surface area (Å²) in [6.07, 6.45) is 10.8. The fraction of sp³-hybridized carbons (Fsp3) is 0.522. The largest absolute Gasteiger partial charge is 0.433 e. The summed E-state index contributed by atoms with van der Waals surface area (Å²) >= 11 is 0. The molecule has 1 saturated carbocycles. The van der Waals surface area contributed by atoms with Gasteiger partial charge in [-0.2, -0.15) is 0 Å². The second-order valence-electron chi connectivity index (χ2n) is 8.29. The van der Waals surface area contributed by atoms with Crippen molar-refractivity contribution in [3.8, 4) is 11.5 Å². The van der Waals surface area contributed by atoms with Gasteiger partial charge < -0.3 is 15.5 Å². The Kier molecular flexibility index (Phi) is 7.92. The highest BCUT2D eigenvalue weighted by Gasteiger charge is 2.24. The predicted octanol–water partition coefficient (Wildman–Crippen LogP) is 3.06. The van der Waals surface area contributed by atoms with Crippen LogP contribution in [0.25, 0.3) is 11.5 Å². The van der Waals surface area contributed by atoms with Crippen molar-refractivity contribution in [2.24, 2.45) is 17.6 Å². The highest BCUT2D eigenvalue weighted by molar-refractivity contribution is 5.98. The summed E-state index contributed by atoms with van der Waals surface area (Å²) in [5.74, 6) is -0.637. The molecule has 166 valence electrons. The number of aromatic nitrogens is 2. The SMILES string of the molecule is CC(Cc1nc(-c2cccnc2)oc1C(=O)CNC(=O)CCC1CCCCC1)C(N)=O. The summed E-state index contributed by atoms with van der Waals surface area (Å²) in [5, 5.41) is 2.69. The Labute approximate surface area is 182 Å². The predicted molar refractivity (Wildman–Crippen MR) is 115 cm³/mol. The maximum absolute atomic E-state index is 12.8. The number of rotatable bonds is 10. The zero-order valence-corrected chi connectivity index (χ0v) is 17.9. The highest BCUT2D eigenvalue weighted by Crippen LogP contribution is 2.27. The third-order valence-electron chi connectivity index (χ3n) is 5.79. The molecular weight excluding hydrogens is 396 g/mol. The number of primary amides is 1. The number of nitrogens with two attached hydrogens (primary N) is 1. The minimum absolute atomic E-state index is 0.0412. The molecule has 1 fully saturated rings. The van der Waals surface area contributed by atoms with Crippen molar-refractivity contribution in [1.29, 1.82) is 0 Å². The molecule has 1 aliphatic carbocycles. The summed E-state index contributed by atoms with van der Waals surface area (Å²) in [4.78, 5) is 44.9. The molecule has 0 aliphatic heterocycles. The van der Waals surface area contributed by atoms with Gasteiger partial charge >= 0.3 is 0 Å². The van der Waals surface area contributed by atoms with E-state index in [0.717, 1.165) is 6.42 Å². The van der Waals surface area contributed by atoms with Crippen molar-refractivity contribution in [2.75, 3.05) is 6.54 Å². The lowest BCUT2D eigenvalue weighted by Gasteiger charge is -2.20. The molecule has 2 aromatic heterocycles. The van der Waals surface area contributed by atoms with Crippen LogP contribution in [-0.2, 0) is 16.0 Å². The van der Waals surface area contributed by atoms with Gasteiger partial charge in [-0.15, -0.1) is 0 Å². The first-order valence-electron chi connectivity index (χ1n) is 10.9. The summed E-state index contributed by atoms with van der Waals surface area (Å²) in [7, 11) is 0. The van der Waals surface area contributed by atoms with Crippen LogP contribution in [0.2, 0.25) is 0 Å². The molecule has 1 atom stereocenters. The van der Waals surface area contributed by atoms with Gasteiger partial charge in [0, 0.05) is 31.2 Å². The first-order chi connectivity index (χ1) is 14.9. The quantitative estimate of drug-likeness (QED) is 0.562. The molecule has 31 heavy (non-hydrogen) atoms. The van der Waals surface area contributed by atoms with E-state index in [9.17, 15) is 14.4 Å². The number of ketones is 1. The first kappa shape index (κ1) is 22.7. The summed E-state index contributed by atoms with van der Waals surface area (Å²) in [5.41, 5.74) is 6.34. The number of carbonyl (C=O) groups excluding carboxylic acids is 3. The van der Waals surface area contributed by atoms with Crippen LogP contribution in [0.3, 0.4) is 0 Å². The number of carbonyl (C=O) groups is 3. The standard InChI is InChI=1S/C23H30N4O4/c1-15(22(24)30)12-18-21(31-23(27-18)17-8-5-11-25-13-17)19(28)14-26-20(29)10-9-16-6-3-2-4-7-16/h5,8,11,13,15-16H,2-4,6-7,9-10,12,14H2,1H3,(H2,24,30)(H,26,29). The van der Waals surface area contributed by atoms with E-state index in [1.54, 1.807) is 31.5 Å². The molecule has 1 unspecified atom stereocenters. The Morgan fingerprint density at radius 3 is 2.71 bits per heavy atom. The first-order valence-corrected chi connectivity index (χ1v) is 10.9. The lowest BCUT2D eigenvalue weighted by atomic mass is 9.86. The summed E-state index contributed by atoms with van der Waals surface area (Å²) in [6.45, 7) is 1.49. The van der Waals surface area contributed by atoms with Crippen molar-refractivity contribution in [3.63, 3.8) is 0 Å². The monoisotopic (exact) mass is 426 g/mol. The summed E-state index contributed by atoms with van der Waals surface area (Å²) < 4.78 is 5.73. The number of amides is 2. The van der Waals surface area contributed by atoms with Crippen molar-refractivity contribution < 1.29 is 18.8 Å². The third kappa shape index (κ3) is 6.47. The molecule has 1 aliphatic rings. The Morgan fingerprint density at radius 1 is 1.26 bits per heavy atom. The fourth-order valence-corrected chi connectivity index (χ4v) is 3.87. The van der Waals surface area contributed by atoms with Gasteiger partial charge in [-0.05, 0) is 24.5 Å². The topological polar surface area (TPSA) is 128 Å². The number of nitrogens with one attached hydrogen (secondary N) is 1. The van der Waals surface area contributed by atoms with E-state index < -0.39 is 11.8 Å². The smallest absolute Gasteiger partial charge is 0.228 e. The van der Waals surface area contributed by atoms with Gasteiger partial charge in [-0.3, -0.25) is 19.4 Å². The number of pyridine rings is 1. The molecule has 3 N–H and O–H groups in total. The van der Waals surface area contributed by atoms with Crippen LogP contribution in [0.15, 0.2) is 28.9 Å². The van der Waals surface area contributed by atoms with E-state index >= 15 is 0 Å². The fourth-order valence-electron chi connectivity index (χ4n) is 3.87. The minimum atomic E-state index is -0.511. The van der Waals surface area contributed by atoms with E-state index in [1.165, 1.54) is 32.1 Å². The third-order valence-corrected chi connectivity index (χ3v) is 5.79. The molecule has 0 bridgehead atoms. The van der Waals surface area contributed by atoms with Crippen LogP contribution in [0.5, 0.6) is 0 Å². The van der Waals surface area contributed by atoms with Crippen LogP contribution in [0.1, 0.15) is 68.1 Å². The molecule has 3 rings (SSSR count). The van der Waals surface area contributed by atoms with Crippen molar-refractivity contribution in [3.05, 3.63) is 36.0 Å². The van der Waals surface area contributed by atoms with Crippen molar-refractivity contribution in [2.45, 2.75) is 58.3 Å². The lowest BCUT2D eigenvalue weighted by Crippen LogP contribution is -2.30. The molecule has 8 nitrogen and oxygen atoms in total. The minimum Gasteiger partial charge on any atom is -0.433 e. The second kappa shape index (κ2) is 10.8. The van der Waals surface area contributed by atoms with E-state index in [4.69, 9.17) is 10.2 Å². The van der Waals surface area contributed by atoms with Crippen LogP contribution < -0.4 is 11.1 Å². The maximum atomic E-state index is 12.8. The zero-order valence-electron chi connectivity index (χ0n) is 17.9. The Morgan fingerprint density at radius 2 is 2.03 bits per heavy atom. The normalized spacial score (nSPS) is 15.4. The number of nitrogens with zero attached hydrogens (tertiary/aromatic N) is 2. The molecule has 2 aromatic rings. The van der Waals surface area contributed by atoms with Gasteiger partial charge in [-0.1, -0.05) is 39.0 Å². The maximum Gasteiger partial charge on any atom is 0.228 e.